The zero-order chi connectivity index (χ0) is 23.0. The Hall–Kier alpha value is -3.29. The van der Waals surface area contributed by atoms with Crippen LogP contribution in [0.4, 0.5) is 0 Å². The first-order valence-electron chi connectivity index (χ1n) is 10.3. The van der Waals surface area contributed by atoms with Gasteiger partial charge in [-0.1, -0.05) is 48.0 Å². The molecule has 0 N–H and O–H groups in total. The van der Waals surface area contributed by atoms with E-state index in [2.05, 4.69) is 0 Å². The number of hydrogen-bond donors (Lipinski definition) is 0. The third-order valence-corrected chi connectivity index (χ3v) is 7.72. The van der Waals surface area contributed by atoms with Crippen molar-refractivity contribution in [2.75, 3.05) is 7.05 Å². The van der Waals surface area contributed by atoms with E-state index in [1.807, 2.05) is 44.2 Å². The van der Waals surface area contributed by atoms with Gasteiger partial charge in [0, 0.05) is 7.05 Å². The summed E-state index contributed by atoms with van der Waals surface area (Å²) < 4.78 is 29.5. The SMILES string of the molecule is Cc1ccc(S(=O)(=O)N(C)C(C)c2nc3ccccc3c(=O)n2-c2ccccc2C)cc1. The highest BCUT2D eigenvalue weighted by atomic mass is 32.2. The summed E-state index contributed by atoms with van der Waals surface area (Å²) in [7, 11) is -2.28. The predicted molar refractivity (Wildman–Crippen MR) is 127 cm³/mol. The number of para-hydroxylation sites is 2. The average Bonchev–Trinajstić information content (AvgIpc) is 2.79. The molecule has 0 aliphatic heterocycles. The minimum Gasteiger partial charge on any atom is -0.268 e. The maximum Gasteiger partial charge on any atom is 0.266 e. The molecular formula is C25H25N3O3S. The minimum atomic E-state index is -3.80. The Bertz CT molecular complexity index is 1460. The van der Waals surface area contributed by atoms with E-state index in [1.54, 1.807) is 49.4 Å². The van der Waals surface area contributed by atoms with E-state index in [0.29, 0.717) is 22.4 Å². The Kier molecular flexibility index (Phi) is 5.71. The number of aromatic nitrogens is 2. The first-order chi connectivity index (χ1) is 15.2. The largest absolute Gasteiger partial charge is 0.268 e. The Morgan fingerprint density at radius 3 is 2.22 bits per heavy atom. The van der Waals surface area contributed by atoms with Gasteiger partial charge in [0.25, 0.3) is 5.56 Å². The lowest BCUT2D eigenvalue weighted by molar-refractivity contribution is 0.379. The smallest absolute Gasteiger partial charge is 0.266 e. The van der Waals surface area contributed by atoms with Crippen molar-refractivity contribution in [3.05, 3.63) is 100 Å². The van der Waals surface area contributed by atoms with Crippen LogP contribution in [-0.4, -0.2) is 29.3 Å². The molecule has 7 heteroatoms. The highest BCUT2D eigenvalue weighted by Crippen LogP contribution is 2.27. The molecule has 4 rings (SSSR count). The van der Waals surface area contributed by atoms with Gasteiger partial charge in [0.1, 0.15) is 5.82 Å². The molecule has 1 heterocycles. The first kappa shape index (κ1) is 21.9. The molecule has 0 radical (unpaired) electrons. The second-order valence-corrected chi connectivity index (χ2v) is 9.92. The van der Waals surface area contributed by atoms with Gasteiger partial charge < -0.3 is 0 Å². The van der Waals surface area contributed by atoms with Crippen LogP contribution in [0.2, 0.25) is 0 Å². The van der Waals surface area contributed by atoms with Crippen LogP contribution >= 0.6 is 0 Å². The third-order valence-electron chi connectivity index (χ3n) is 5.78. The van der Waals surface area contributed by atoms with Gasteiger partial charge >= 0.3 is 0 Å². The molecule has 0 amide bonds. The minimum absolute atomic E-state index is 0.197. The van der Waals surface area contributed by atoms with Crippen LogP contribution in [0.1, 0.15) is 29.9 Å². The van der Waals surface area contributed by atoms with Crippen LogP contribution in [-0.2, 0) is 10.0 Å². The van der Waals surface area contributed by atoms with E-state index in [9.17, 15) is 13.2 Å². The molecule has 1 atom stereocenters. The highest BCUT2D eigenvalue weighted by Gasteiger charge is 2.30. The van der Waals surface area contributed by atoms with Crippen molar-refractivity contribution in [1.82, 2.24) is 13.9 Å². The molecule has 164 valence electrons. The Labute approximate surface area is 187 Å². The Morgan fingerprint density at radius 2 is 1.53 bits per heavy atom. The van der Waals surface area contributed by atoms with Crippen LogP contribution in [0, 0.1) is 13.8 Å². The fraction of sp³-hybridized carbons (Fsp3) is 0.200. The molecule has 0 aliphatic carbocycles. The van der Waals surface area contributed by atoms with Gasteiger partial charge in [-0.05, 0) is 56.7 Å². The van der Waals surface area contributed by atoms with Crippen molar-refractivity contribution in [2.45, 2.75) is 31.7 Å². The quantitative estimate of drug-likeness (QED) is 0.455. The van der Waals surface area contributed by atoms with Crippen LogP contribution in [0.15, 0.2) is 82.5 Å². The van der Waals surface area contributed by atoms with Gasteiger partial charge in [0.2, 0.25) is 10.0 Å². The van der Waals surface area contributed by atoms with Gasteiger partial charge in [-0.15, -0.1) is 0 Å². The summed E-state index contributed by atoms with van der Waals surface area (Å²) in [6, 6.07) is 20.6. The molecule has 4 aromatic rings. The van der Waals surface area contributed by atoms with E-state index in [-0.39, 0.29) is 10.5 Å². The van der Waals surface area contributed by atoms with Gasteiger partial charge in [-0.2, -0.15) is 4.31 Å². The molecule has 1 aromatic heterocycles. The number of aryl methyl sites for hydroxylation is 2. The van der Waals surface area contributed by atoms with Crippen LogP contribution in [0.3, 0.4) is 0 Å². The summed E-state index contributed by atoms with van der Waals surface area (Å²) in [5, 5.41) is 0.482. The van der Waals surface area contributed by atoms with E-state index >= 15 is 0 Å². The molecule has 0 saturated carbocycles. The van der Waals surface area contributed by atoms with Crippen molar-refractivity contribution < 1.29 is 8.42 Å². The second kappa shape index (κ2) is 8.33. The lowest BCUT2D eigenvalue weighted by atomic mass is 10.1. The standard InChI is InChI=1S/C25H25N3O3S/c1-17-13-15-20(16-14-17)32(30,31)27(4)19(3)24-26-22-11-7-6-10-21(22)25(29)28(24)23-12-8-5-9-18(23)2/h5-16,19H,1-4H3. The summed E-state index contributed by atoms with van der Waals surface area (Å²) in [4.78, 5) is 18.5. The number of fused-ring (bicyclic) bond motifs is 1. The zero-order valence-corrected chi connectivity index (χ0v) is 19.3. The molecule has 1 unspecified atom stereocenters. The maximum absolute atomic E-state index is 13.5. The van der Waals surface area contributed by atoms with Crippen molar-refractivity contribution in [1.29, 1.82) is 0 Å². The topological polar surface area (TPSA) is 72.3 Å². The van der Waals surface area contributed by atoms with E-state index < -0.39 is 16.1 Å². The summed E-state index contributed by atoms with van der Waals surface area (Å²) in [6.45, 7) is 5.57. The lowest BCUT2D eigenvalue weighted by Gasteiger charge is -2.27. The lowest BCUT2D eigenvalue weighted by Crippen LogP contribution is -2.35. The summed E-state index contributed by atoms with van der Waals surface area (Å²) in [6.07, 6.45) is 0. The van der Waals surface area contributed by atoms with Crippen molar-refractivity contribution in [2.24, 2.45) is 0 Å². The zero-order valence-electron chi connectivity index (χ0n) is 18.5. The van der Waals surface area contributed by atoms with Crippen molar-refractivity contribution in [3.8, 4) is 5.69 Å². The van der Waals surface area contributed by atoms with Crippen molar-refractivity contribution in [3.63, 3.8) is 0 Å². The van der Waals surface area contributed by atoms with Gasteiger partial charge in [-0.3, -0.25) is 9.36 Å². The van der Waals surface area contributed by atoms with Gasteiger partial charge in [0.05, 0.1) is 27.5 Å². The van der Waals surface area contributed by atoms with Gasteiger partial charge in [-0.25, -0.2) is 13.4 Å². The molecule has 32 heavy (non-hydrogen) atoms. The number of nitrogens with zero attached hydrogens (tertiary/aromatic N) is 3. The van der Waals surface area contributed by atoms with Crippen LogP contribution in [0.25, 0.3) is 16.6 Å². The fourth-order valence-electron chi connectivity index (χ4n) is 3.72. The fourth-order valence-corrected chi connectivity index (χ4v) is 5.05. The average molecular weight is 448 g/mol. The summed E-state index contributed by atoms with van der Waals surface area (Å²) in [5.74, 6) is 0.362. The molecule has 0 aliphatic rings. The predicted octanol–water partition coefficient (Wildman–Crippen LogP) is 4.38. The van der Waals surface area contributed by atoms with Crippen molar-refractivity contribution >= 4 is 20.9 Å². The number of hydrogen-bond acceptors (Lipinski definition) is 4. The molecule has 3 aromatic carbocycles. The van der Waals surface area contributed by atoms with Crippen LogP contribution in [0.5, 0.6) is 0 Å². The molecule has 0 saturated heterocycles. The van der Waals surface area contributed by atoms with E-state index in [4.69, 9.17) is 4.98 Å². The summed E-state index contributed by atoms with van der Waals surface area (Å²) >= 11 is 0. The Balaban J connectivity index is 1.93. The molecule has 6 nitrogen and oxygen atoms in total. The molecule has 0 spiro atoms. The highest BCUT2D eigenvalue weighted by molar-refractivity contribution is 7.89. The van der Waals surface area contributed by atoms with Gasteiger partial charge in [0.15, 0.2) is 0 Å². The number of sulfonamides is 1. The maximum atomic E-state index is 13.5. The van der Waals surface area contributed by atoms with Crippen LogP contribution < -0.4 is 5.56 Å². The Morgan fingerprint density at radius 1 is 0.906 bits per heavy atom. The monoisotopic (exact) mass is 447 g/mol. The van der Waals surface area contributed by atoms with E-state index in [0.717, 1.165) is 11.1 Å². The molecular weight excluding hydrogens is 422 g/mol. The molecule has 0 fully saturated rings. The molecule has 0 bridgehead atoms. The number of benzene rings is 3. The first-order valence-corrected chi connectivity index (χ1v) is 11.8. The van der Waals surface area contributed by atoms with E-state index in [1.165, 1.54) is 15.9 Å². The normalized spacial score (nSPS) is 12.9. The second-order valence-electron chi connectivity index (χ2n) is 7.92. The third kappa shape index (κ3) is 3.74. The summed E-state index contributed by atoms with van der Waals surface area (Å²) in [5.41, 5.74) is 2.85. The number of rotatable bonds is 5.